The summed E-state index contributed by atoms with van der Waals surface area (Å²) in [6, 6.07) is 8.67. The van der Waals surface area contributed by atoms with Crippen LogP contribution in [0.15, 0.2) is 24.3 Å². The van der Waals surface area contributed by atoms with Crippen LogP contribution in [-0.4, -0.2) is 26.2 Å². The van der Waals surface area contributed by atoms with Gasteiger partial charge in [-0.2, -0.15) is 0 Å². The van der Waals surface area contributed by atoms with Gasteiger partial charge in [0.2, 0.25) is 0 Å². The maximum Gasteiger partial charge on any atom is 0.120 e. The number of rotatable bonds is 4. The van der Waals surface area contributed by atoms with Gasteiger partial charge >= 0.3 is 0 Å². The van der Waals surface area contributed by atoms with Crippen molar-refractivity contribution in [3.05, 3.63) is 24.3 Å². The highest BCUT2D eigenvalue weighted by molar-refractivity contribution is 5.48. The second-order valence-electron chi connectivity index (χ2n) is 3.91. The van der Waals surface area contributed by atoms with Gasteiger partial charge in [-0.3, -0.25) is 0 Å². The molecule has 1 fully saturated rings. The fourth-order valence-electron chi connectivity index (χ4n) is 1.91. The number of hydrogen-bond acceptors (Lipinski definition) is 3. The minimum Gasteiger partial charge on any atom is -0.497 e. The summed E-state index contributed by atoms with van der Waals surface area (Å²) in [6.07, 6.45) is 2.57. The molecule has 1 saturated heterocycles. The molecule has 0 aliphatic carbocycles. The molecule has 0 aromatic heterocycles. The fourth-order valence-corrected chi connectivity index (χ4v) is 1.91. The third-order valence-electron chi connectivity index (χ3n) is 2.78. The van der Waals surface area contributed by atoms with Gasteiger partial charge in [0, 0.05) is 24.3 Å². The molecular weight excluding hydrogens is 188 g/mol. The third-order valence-corrected chi connectivity index (χ3v) is 2.78. The molecule has 15 heavy (non-hydrogen) atoms. The van der Waals surface area contributed by atoms with Gasteiger partial charge in [0.1, 0.15) is 5.75 Å². The summed E-state index contributed by atoms with van der Waals surface area (Å²) >= 11 is 0. The predicted octanol–water partition coefficient (Wildman–Crippen LogP) is 1.86. The van der Waals surface area contributed by atoms with Crippen molar-refractivity contribution in [3.8, 4) is 5.75 Å². The molecular formula is C12H18N2O. The van der Waals surface area contributed by atoms with E-state index in [9.17, 15) is 0 Å². The number of hydrogen-bond donors (Lipinski definition) is 2. The molecule has 0 radical (unpaired) electrons. The zero-order valence-corrected chi connectivity index (χ0v) is 9.12. The van der Waals surface area contributed by atoms with Crippen LogP contribution in [0, 0.1) is 0 Å². The Morgan fingerprint density at radius 1 is 1.53 bits per heavy atom. The van der Waals surface area contributed by atoms with Crippen LogP contribution in [0.25, 0.3) is 0 Å². The quantitative estimate of drug-likeness (QED) is 0.789. The Balaban J connectivity index is 1.86. The third kappa shape index (κ3) is 2.86. The summed E-state index contributed by atoms with van der Waals surface area (Å²) in [6.45, 7) is 2.15. The SMILES string of the molecule is COc1cccc(NCC2CCCN2)c1. The highest BCUT2D eigenvalue weighted by Gasteiger charge is 2.12. The van der Waals surface area contributed by atoms with Crippen molar-refractivity contribution in [1.29, 1.82) is 0 Å². The zero-order valence-electron chi connectivity index (χ0n) is 9.12. The van der Waals surface area contributed by atoms with Gasteiger partial charge in [-0.25, -0.2) is 0 Å². The van der Waals surface area contributed by atoms with Crippen LogP contribution in [0.3, 0.4) is 0 Å². The van der Waals surface area contributed by atoms with Crippen molar-refractivity contribution in [2.75, 3.05) is 25.5 Å². The van der Waals surface area contributed by atoms with Crippen molar-refractivity contribution in [3.63, 3.8) is 0 Å². The Bertz CT molecular complexity index is 308. The number of methoxy groups -OCH3 is 1. The van der Waals surface area contributed by atoms with Crippen molar-refractivity contribution in [2.45, 2.75) is 18.9 Å². The maximum atomic E-state index is 5.17. The maximum absolute atomic E-state index is 5.17. The van der Waals surface area contributed by atoms with E-state index in [4.69, 9.17) is 4.74 Å². The summed E-state index contributed by atoms with van der Waals surface area (Å²) in [5.74, 6) is 0.902. The molecule has 3 heteroatoms. The van der Waals surface area contributed by atoms with Gasteiger partial charge in [-0.05, 0) is 31.5 Å². The van der Waals surface area contributed by atoms with Crippen LogP contribution >= 0.6 is 0 Å². The molecule has 0 bridgehead atoms. The van der Waals surface area contributed by atoms with Crippen LogP contribution < -0.4 is 15.4 Å². The van der Waals surface area contributed by atoms with E-state index in [2.05, 4.69) is 16.7 Å². The van der Waals surface area contributed by atoms with Gasteiger partial charge < -0.3 is 15.4 Å². The highest BCUT2D eigenvalue weighted by atomic mass is 16.5. The summed E-state index contributed by atoms with van der Waals surface area (Å²) in [7, 11) is 1.69. The molecule has 2 rings (SSSR count). The van der Waals surface area contributed by atoms with E-state index in [1.807, 2.05) is 18.2 Å². The molecule has 0 amide bonds. The van der Waals surface area contributed by atoms with Gasteiger partial charge in [-0.1, -0.05) is 6.07 Å². The Hall–Kier alpha value is -1.22. The first kappa shape index (κ1) is 10.3. The summed E-state index contributed by atoms with van der Waals surface area (Å²) in [5, 5.41) is 6.88. The van der Waals surface area contributed by atoms with Crippen LogP contribution in [0.1, 0.15) is 12.8 Å². The lowest BCUT2D eigenvalue weighted by atomic mass is 10.2. The lowest BCUT2D eigenvalue weighted by Gasteiger charge is -2.13. The number of nitrogens with one attached hydrogen (secondary N) is 2. The van der Waals surface area contributed by atoms with Gasteiger partial charge in [0.05, 0.1) is 7.11 Å². The smallest absolute Gasteiger partial charge is 0.120 e. The fraction of sp³-hybridized carbons (Fsp3) is 0.500. The molecule has 3 nitrogen and oxygen atoms in total. The molecule has 1 aromatic rings. The number of anilines is 1. The predicted molar refractivity (Wildman–Crippen MR) is 62.5 cm³/mol. The Morgan fingerprint density at radius 3 is 3.20 bits per heavy atom. The molecule has 1 heterocycles. The van der Waals surface area contributed by atoms with E-state index in [1.54, 1.807) is 7.11 Å². The standard InChI is InChI=1S/C12H18N2O/c1-15-12-6-2-4-10(8-12)14-9-11-5-3-7-13-11/h2,4,6,8,11,13-14H,3,5,7,9H2,1H3. The lowest BCUT2D eigenvalue weighted by molar-refractivity contribution is 0.415. The largest absolute Gasteiger partial charge is 0.497 e. The van der Waals surface area contributed by atoms with Crippen molar-refractivity contribution in [1.82, 2.24) is 5.32 Å². The lowest BCUT2D eigenvalue weighted by Crippen LogP contribution is -2.29. The van der Waals surface area contributed by atoms with Crippen molar-refractivity contribution >= 4 is 5.69 Å². The molecule has 1 aromatic carbocycles. The van der Waals surface area contributed by atoms with Crippen LogP contribution in [0.2, 0.25) is 0 Å². The molecule has 0 spiro atoms. The van der Waals surface area contributed by atoms with Crippen LogP contribution in [0.4, 0.5) is 5.69 Å². The average Bonchev–Trinajstić information content (AvgIpc) is 2.79. The van der Waals surface area contributed by atoms with E-state index >= 15 is 0 Å². The van der Waals surface area contributed by atoms with E-state index < -0.39 is 0 Å². The minimum absolute atomic E-state index is 0.621. The van der Waals surface area contributed by atoms with Gasteiger partial charge in [0.15, 0.2) is 0 Å². The van der Waals surface area contributed by atoms with E-state index in [1.165, 1.54) is 12.8 Å². The molecule has 1 unspecified atom stereocenters. The molecule has 1 aliphatic heterocycles. The van der Waals surface area contributed by atoms with E-state index in [0.717, 1.165) is 24.5 Å². The van der Waals surface area contributed by atoms with Crippen molar-refractivity contribution < 1.29 is 4.74 Å². The number of ether oxygens (including phenoxy) is 1. The summed E-state index contributed by atoms with van der Waals surface area (Å²) < 4.78 is 5.17. The second-order valence-corrected chi connectivity index (χ2v) is 3.91. The van der Waals surface area contributed by atoms with Gasteiger partial charge in [0.25, 0.3) is 0 Å². The second kappa shape index (κ2) is 5.03. The Morgan fingerprint density at radius 2 is 2.47 bits per heavy atom. The Kier molecular flexibility index (Phi) is 3.45. The summed E-state index contributed by atoms with van der Waals surface area (Å²) in [5.41, 5.74) is 1.13. The van der Waals surface area contributed by atoms with Crippen LogP contribution in [0.5, 0.6) is 5.75 Å². The molecule has 1 aliphatic rings. The molecule has 2 N–H and O–H groups in total. The van der Waals surface area contributed by atoms with Crippen LogP contribution in [-0.2, 0) is 0 Å². The first-order valence-electron chi connectivity index (χ1n) is 5.50. The molecule has 0 saturated carbocycles. The highest BCUT2D eigenvalue weighted by Crippen LogP contribution is 2.17. The minimum atomic E-state index is 0.621. The monoisotopic (exact) mass is 206 g/mol. The molecule has 82 valence electrons. The Labute approximate surface area is 90.8 Å². The van der Waals surface area contributed by atoms with E-state index in [0.29, 0.717) is 6.04 Å². The topological polar surface area (TPSA) is 33.3 Å². The van der Waals surface area contributed by atoms with E-state index in [-0.39, 0.29) is 0 Å². The van der Waals surface area contributed by atoms with Gasteiger partial charge in [-0.15, -0.1) is 0 Å². The normalized spacial score (nSPS) is 20.2. The average molecular weight is 206 g/mol. The first-order valence-corrected chi connectivity index (χ1v) is 5.50. The first-order chi connectivity index (χ1) is 7.38. The number of benzene rings is 1. The van der Waals surface area contributed by atoms with Crippen molar-refractivity contribution in [2.24, 2.45) is 0 Å². The summed E-state index contributed by atoms with van der Waals surface area (Å²) in [4.78, 5) is 0. The molecule has 1 atom stereocenters. The zero-order chi connectivity index (χ0) is 10.5.